The fourth-order valence-electron chi connectivity index (χ4n) is 2.42. The number of benzene rings is 1. The Balaban J connectivity index is 2.04. The van der Waals surface area contributed by atoms with Crippen molar-refractivity contribution in [3.63, 3.8) is 0 Å². The molecule has 0 fully saturated rings. The van der Waals surface area contributed by atoms with Crippen LogP contribution in [0, 0.1) is 6.92 Å². The predicted octanol–water partition coefficient (Wildman–Crippen LogP) is 2.13. The minimum atomic E-state index is -0.826. The molecule has 0 saturated carbocycles. The highest BCUT2D eigenvalue weighted by atomic mass is 16.2. The first-order valence-corrected chi connectivity index (χ1v) is 6.60. The van der Waals surface area contributed by atoms with Crippen LogP contribution in [0.15, 0.2) is 30.5 Å². The number of aryl methyl sites for hydroxylation is 2. The Labute approximate surface area is 116 Å². The van der Waals surface area contributed by atoms with Crippen LogP contribution in [0.2, 0.25) is 0 Å². The summed E-state index contributed by atoms with van der Waals surface area (Å²) < 4.78 is 1.30. The summed E-state index contributed by atoms with van der Waals surface area (Å²) in [5.41, 5.74) is 2.65. The van der Waals surface area contributed by atoms with Gasteiger partial charge < -0.3 is 5.32 Å². The minimum absolute atomic E-state index is 0.290. The maximum absolute atomic E-state index is 12.5. The van der Waals surface area contributed by atoms with Gasteiger partial charge >= 0.3 is 0 Å². The number of amides is 1. The van der Waals surface area contributed by atoms with Gasteiger partial charge in [-0.05, 0) is 18.9 Å². The fourth-order valence-corrected chi connectivity index (χ4v) is 2.42. The maximum Gasteiger partial charge on any atom is 0.265 e. The quantitative estimate of drug-likeness (QED) is 0.849. The summed E-state index contributed by atoms with van der Waals surface area (Å²) in [6.07, 6.45) is 2.35. The number of fused-ring (bicyclic) bond motifs is 1. The molecule has 5 heteroatoms. The molecule has 3 rings (SSSR count). The van der Waals surface area contributed by atoms with Crippen molar-refractivity contribution in [1.82, 2.24) is 9.78 Å². The molecule has 2 aromatic rings. The molecule has 0 spiro atoms. The zero-order chi connectivity index (χ0) is 14.3. The molecule has 1 unspecified atom stereocenters. The van der Waals surface area contributed by atoms with Crippen molar-refractivity contribution in [2.24, 2.45) is 0 Å². The Morgan fingerprint density at radius 2 is 1.95 bits per heavy atom. The molecule has 1 aromatic carbocycles. The Morgan fingerprint density at radius 3 is 2.60 bits per heavy atom. The number of nitrogens with one attached hydrogen (secondary N) is 1. The van der Waals surface area contributed by atoms with Crippen LogP contribution in [0.1, 0.15) is 34.3 Å². The summed E-state index contributed by atoms with van der Waals surface area (Å²) in [4.78, 5) is 24.7. The van der Waals surface area contributed by atoms with E-state index in [0.29, 0.717) is 11.4 Å². The van der Waals surface area contributed by atoms with E-state index in [0.717, 1.165) is 17.5 Å². The summed E-state index contributed by atoms with van der Waals surface area (Å²) >= 11 is 0. The molecule has 0 aliphatic carbocycles. The predicted molar refractivity (Wildman–Crippen MR) is 74.8 cm³/mol. The van der Waals surface area contributed by atoms with Gasteiger partial charge in [0.05, 0.1) is 6.20 Å². The lowest BCUT2D eigenvalue weighted by molar-refractivity contribution is -0.117. The highest BCUT2D eigenvalue weighted by Gasteiger charge is 2.37. The largest absolute Gasteiger partial charge is 0.309 e. The van der Waals surface area contributed by atoms with Gasteiger partial charge in [-0.3, -0.25) is 9.59 Å². The number of aromatic nitrogens is 2. The molecule has 2 heterocycles. The van der Waals surface area contributed by atoms with Crippen LogP contribution >= 0.6 is 0 Å². The molecule has 1 aromatic heterocycles. The van der Waals surface area contributed by atoms with Gasteiger partial charge in [0.1, 0.15) is 11.7 Å². The highest BCUT2D eigenvalue weighted by Crippen LogP contribution is 2.28. The van der Waals surface area contributed by atoms with E-state index in [1.807, 2.05) is 38.1 Å². The third kappa shape index (κ3) is 1.82. The van der Waals surface area contributed by atoms with Crippen molar-refractivity contribution in [2.75, 3.05) is 5.32 Å². The van der Waals surface area contributed by atoms with Gasteiger partial charge in [-0.15, -0.1) is 0 Å². The van der Waals surface area contributed by atoms with Gasteiger partial charge in [0.15, 0.2) is 0 Å². The molecule has 0 saturated heterocycles. The number of hydrogen-bond acceptors (Lipinski definition) is 3. The van der Waals surface area contributed by atoms with Gasteiger partial charge in [-0.2, -0.15) is 9.78 Å². The average molecular weight is 269 g/mol. The Kier molecular flexibility index (Phi) is 2.89. The van der Waals surface area contributed by atoms with Crippen molar-refractivity contribution in [2.45, 2.75) is 26.2 Å². The lowest BCUT2D eigenvalue weighted by atomic mass is 9.95. The number of carbonyl (C=O) groups is 2. The highest BCUT2D eigenvalue weighted by molar-refractivity contribution is 6.15. The van der Waals surface area contributed by atoms with Gasteiger partial charge in [-0.25, -0.2) is 0 Å². The van der Waals surface area contributed by atoms with Crippen LogP contribution in [0.4, 0.5) is 5.82 Å². The summed E-state index contributed by atoms with van der Waals surface area (Å²) in [7, 11) is 0. The first-order chi connectivity index (χ1) is 9.61. The first-order valence-electron chi connectivity index (χ1n) is 6.60. The van der Waals surface area contributed by atoms with E-state index in [2.05, 4.69) is 10.4 Å². The second kappa shape index (κ2) is 4.59. The smallest absolute Gasteiger partial charge is 0.265 e. The van der Waals surface area contributed by atoms with Crippen LogP contribution in [0.25, 0.3) is 0 Å². The molecule has 0 bridgehead atoms. The zero-order valence-electron chi connectivity index (χ0n) is 11.4. The standard InChI is InChI=1S/C15H15N3O2/c1-3-10-8-16-18-13(10)17-14(19)12(15(18)20)11-6-4-9(2)5-7-11/h4-8,12H,3H2,1-2H3,(H,17,19). The summed E-state index contributed by atoms with van der Waals surface area (Å²) in [5.74, 6) is -0.910. The van der Waals surface area contributed by atoms with Gasteiger partial charge in [-0.1, -0.05) is 36.8 Å². The molecular formula is C15H15N3O2. The molecule has 102 valence electrons. The van der Waals surface area contributed by atoms with Crippen molar-refractivity contribution in [3.8, 4) is 0 Å². The van der Waals surface area contributed by atoms with Gasteiger partial charge in [0.2, 0.25) is 5.91 Å². The Bertz CT molecular complexity index is 686. The molecule has 5 nitrogen and oxygen atoms in total. The van der Waals surface area contributed by atoms with Crippen LogP contribution in [-0.2, 0) is 11.2 Å². The van der Waals surface area contributed by atoms with Crippen LogP contribution in [0.3, 0.4) is 0 Å². The van der Waals surface area contributed by atoms with Gasteiger partial charge in [0, 0.05) is 5.56 Å². The minimum Gasteiger partial charge on any atom is -0.309 e. The van der Waals surface area contributed by atoms with E-state index >= 15 is 0 Å². The monoisotopic (exact) mass is 269 g/mol. The van der Waals surface area contributed by atoms with Crippen molar-refractivity contribution >= 4 is 17.6 Å². The number of carbonyl (C=O) groups excluding carboxylic acids is 2. The van der Waals surface area contributed by atoms with Crippen LogP contribution in [0.5, 0.6) is 0 Å². The fraction of sp³-hybridized carbons (Fsp3) is 0.267. The van der Waals surface area contributed by atoms with E-state index in [1.165, 1.54) is 4.68 Å². The molecule has 20 heavy (non-hydrogen) atoms. The molecular weight excluding hydrogens is 254 g/mol. The van der Waals surface area contributed by atoms with Crippen molar-refractivity contribution in [3.05, 3.63) is 47.2 Å². The number of anilines is 1. The first kappa shape index (κ1) is 12.6. The van der Waals surface area contributed by atoms with E-state index in [-0.39, 0.29) is 11.8 Å². The number of nitrogens with zero attached hydrogens (tertiary/aromatic N) is 2. The summed E-state index contributed by atoms with van der Waals surface area (Å²) in [6, 6.07) is 7.41. The van der Waals surface area contributed by atoms with E-state index in [4.69, 9.17) is 0 Å². The van der Waals surface area contributed by atoms with Crippen LogP contribution in [-0.4, -0.2) is 21.6 Å². The van der Waals surface area contributed by atoms with E-state index < -0.39 is 5.92 Å². The third-order valence-electron chi connectivity index (χ3n) is 3.60. The number of hydrogen-bond donors (Lipinski definition) is 1. The molecule has 1 aliphatic heterocycles. The second-order valence-electron chi connectivity index (χ2n) is 4.95. The van der Waals surface area contributed by atoms with Gasteiger partial charge in [0.25, 0.3) is 5.91 Å². The van der Waals surface area contributed by atoms with Crippen molar-refractivity contribution in [1.29, 1.82) is 0 Å². The molecule has 1 amide bonds. The molecule has 1 aliphatic rings. The zero-order valence-corrected chi connectivity index (χ0v) is 11.4. The number of rotatable bonds is 2. The maximum atomic E-state index is 12.5. The lowest BCUT2D eigenvalue weighted by Gasteiger charge is -2.22. The summed E-state index contributed by atoms with van der Waals surface area (Å²) in [5, 5.41) is 6.88. The Morgan fingerprint density at radius 1 is 1.25 bits per heavy atom. The van der Waals surface area contributed by atoms with E-state index in [1.54, 1.807) is 6.20 Å². The Hall–Kier alpha value is -2.43. The third-order valence-corrected chi connectivity index (χ3v) is 3.60. The summed E-state index contributed by atoms with van der Waals surface area (Å²) in [6.45, 7) is 3.92. The topological polar surface area (TPSA) is 64.0 Å². The molecule has 0 radical (unpaired) electrons. The lowest BCUT2D eigenvalue weighted by Crippen LogP contribution is -2.38. The second-order valence-corrected chi connectivity index (χ2v) is 4.95. The SMILES string of the molecule is CCc1cnn2c1NC(=O)C(c1ccc(C)cc1)C2=O. The van der Waals surface area contributed by atoms with Crippen LogP contribution < -0.4 is 5.32 Å². The average Bonchev–Trinajstić information content (AvgIpc) is 2.84. The normalized spacial score (nSPS) is 17.8. The molecule has 1 N–H and O–H groups in total. The van der Waals surface area contributed by atoms with Crippen molar-refractivity contribution < 1.29 is 9.59 Å². The molecule has 1 atom stereocenters. The van der Waals surface area contributed by atoms with E-state index in [9.17, 15) is 9.59 Å².